The van der Waals surface area contributed by atoms with Gasteiger partial charge in [-0.3, -0.25) is 9.20 Å². The van der Waals surface area contributed by atoms with E-state index in [1.165, 1.54) is 0 Å². The van der Waals surface area contributed by atoms with Crippen molar-refractivity contribution in [2.45, 2.75) is 12.5 Å². The van der Waals surface area contributed by atoms with Crippen LogP contribution in [-0.2, 0) is 9.53 Å². The van der Waals surface area contributed by atoms with Crippen LogP contribution in [0.1, 0.15) is 6.42 Å². The van der Waals surface area contributed by atoms with E-state index in [2.05, 4.69) is 15.6 Å². The van der Waals surface area contributed by atoms with Gasteiger partial charge in [-0.1, -0.05) is 12.1 Å². The second-order valence-electron chi connectivity index (χ2n) is 5.77. The Balaban J connectivity index is 1.39. The predicted molar refractivity (Wildman–Crippen MR) is 94.4 cm³/mol. The fourth-order valence-electron chi connectivity index (χ4n) is 2.78. The summed E-state index contributed by atoms with van der Waals surface area (Å²) < 4.78 is 7.37. The maximum absolute atomic E-state index is 12.1. The number of nitrogens with one attached hydrogen (secondary N) is 2. The lowest BCUT2D eigenvalue weighted by Crippen LogP contribution is -2.43. The number of thiazole rings is 1. The Kier molecular flexibility index (Phi) is 4.29. The van der Waals surface area contributed by atoms with Crippen LogP contribution in [0.4, 0.5) is 5.69 Å². The molecule has 1 fully saturated rings. The van der Waals surface area contributed by atoms with Crippen molar-refractivity contribution in [1.82, 2.24) is 14.7 Å². The van der Waals surface area contributed by atoms with Crippen LogP contribution in [0.15, 0.2) is 42.0 Å². The van der Waals surface area contributed by atoms with Crippen LogP contribution >= 0.6 is 11.3 Å². The summed E-state index contributed by atoms with van der Waals surface area (Å²) in [5.74, 6) is -0.00625. The number of aromatic nitrogens is 2. The summed E-state index contributed by atoms with van der Waals surface area (Å²) in [4.78, 5) is 17.7. The Bertz CT molecular complexity index is 805. The molecule has 7 heteroatoms. The topological polar surface area (TPSA) is 67.7 Å². The van der Waals surface area contributed by atoms with Gasteiger partial charge in [-0.2, -0.15) is 0 Å². The minimum absolute atomic E-state index is 0.00625. The highest BCUT2D eigenvalue weighted by Gasteiger charge is 2.16. The zero-order valence-corrected chi connectivity index (χ0v) is 13.9. The van der Waals surface area contributed by atoms with E-state index in [4.69, 9.17) is 4.74 Å². The van der Waals surface area contributed by atoms with Gasteiger partial charge in [-0.05, 0) is 12.1 Å². The van der Waals surface area contributed by atoms with Gasteiger partial charge in [-0.25, -0.2) is 4.98 Å². The molecule has 0 bridgehead atoms. The van der Waals surface area contributed by atoms with E-state index < -0.39 is 0 Å². The fraction of sp³-hybridized carbons (Fsp3) is 0.294. The monoisotopic (exact) mass is 342 g/mol. The molecule has 1 saturated heterocycles. The molecule has 2 N–H and O–H groups in total. The molecule has 1 aliphatic rings. The van der Waals surface area contributed by atoms with E-state index in [-0.39, 0.29) is 11.9 Å². The van der Waals surface area contributed by atoms with E-state index in [0.29, 0.717) is 19.6 Å². The molecular weight excluding hydrogens is 324 g/mol. The van der Waals surface area contributed by atoms with Crippen molar-refractivity contribution in [2.75, 3.05) is 25.1 Å². The Morgan fingerprint density at radius 3 is 3.04 bits per heavy atom. The van der Waals surface area contributed by atoms with Crippen LogP contribution in [0, 0.1) is 0 Å². The first-order valence-corrected chi connectivity index (χ1v) is 8.79. The molecule has 0 aliphatic carbocycles. The van der Waals surface area contributed by atoms with Gasteiger partial charge in [0, 0.05) is 48.0 Å². The Morgan fingerprint density at radius 1 is 1.42 bits per heavy atom. The van der Waals surface area contributed by atoms with Crippen LogP contribution in [0.5, 0.6) is 0 Å². The zero-order chi connectivity index (χ0) is 16.4. The number of morpholine rings is 1. The van der Waals surface area contributed by atoms with Crippen molar-refractivity contribution in [2.24, 2.45) is 0 Å². The number of ether oxygens (including phenoxy) is 1. The largest absolute Gasteiger partial charge is 0.378 e. The number of anilines is 1. The summed E-state index contributed by atoms with van der Waals surface area (Å²) in [6.07, 6.45) is 4.42. The molecule has 4 rings (SSSR count). The molecular formula is C17H18N4O2S. The molecule has 1 aromatic carbocycles. The van der Waals surface area contributed by atoms with Crippen molar-refractivity contribution < 1.29 is 9.53 Å². The fourth-order valence-corrected chi connectivity index (χ4v) is 3.48. The molecule has 0 spiro atoms. The van der Waals surface area contributed by atoms with Gasteiger partial charge in [0.05, 0.1) is 18.9 Å². The summed E-state index contributed by atoms with van der Waals surface area (Å²) in [7, 11) is 0. The Morgan fingerprint density at radius 2 is 2.29 bits per heavy atom. The third-order valence-corrected chi connectivity index (χ3v) is 4.76. The summed E-state index contributed by atoms with van der Waals surface area (Å²) in [6, 6.07) is 7.86. The lowest BCUT2D eigenvalue weighted by atomic mass is 10.1. The van der Waals surface area contributed by atoms with Crippen LogP contribution in [0.2, 0.25) is 0 Å². The number of amides is 1. The van der Waals surface area contributed by atoms with Gasteiger partial charge >= 0.3 is 0 Å². The highest BCUT2D eigenvalue weighted by molar-refractivity contribution is 7.15. The number of imidazole rings is 1. The SMILES string of the molecule is O=C(CC1COCCN1)Nc1ccc(-c2cn3ccsc3n2)cc1. The van der Waals surface area contributed by atoms with E-state index in [9.17, 15) is 4.79 Å². The molecule has 1 atom stereocenters. The lowest BCUT2D eigenvalue weighted by Gasteiger charge is -2.23. The molecule has 124 valence electrons. The van der Waals surface area contributed by atoms with Crippen molar-refractivity contribution in [3.8, 4) is 11.3 Å². The van der Waals surface area contributed by atoms with Crippen LogP contribution < -0.4 is 10.6 Å². The summed E-state index contributed by atoms with van der Waals surface area (Å²) >= 11 is 1.61. The van der Waals surface area contributed by atoms with Crippen molar-refractivity contribution in [3.05, 3.63) is 42.0 Å². The van der Waals surface area contributed by atoms with E-state index in [1.54, 1.807) is 11.3 Å². The zero-order valence-electron chi connectivity index (χ0n) is 13.1. The van der Waals surface area contributed by atoms with Crippen molar-refractivity contribution in [1.29, 1.82) is 0 Å². The highest BCUT2D eigenvalue weighted by Crippen LogP contribution is 2.23. The summed E-state index contributed by atoms with van der Waals surface area (Å²) in [5.41, 5.74) is 2.76. The lowest BCUT2D eigenvalue weighted by molar-refractivity contribution is -0.117. The summed E-state index contributed by atoms with van der Waals surface area (Å²) in [5, 5.41) is 8.22. The van der Waals surface area contributed by atoms with E-state index >= 15 is 0 Å². The standard InChI is InChI=1S/C17H18N4O2S/c22-16(9-14-11-23-7-5-18-14)19-13-3-1-12(2-4-13)15-10-21-6-8-24-17(21)20-15/h1-4,6,8,10,14,18H,5,7,9,11H2,(H,19,22). The number of hydrogen-bond acceptors (Lipinski definition) is 5. The average molecular weight is 342 g/mol. The number of rotatable bonds is 4. The van der Waals surface area contributed by atoms with Crippen LogP contribution in [-0.4, -0.2) is 41.1 Å². The maximum atomic E-state index is 12.1. The first-order valence-electron chi connectivity index (χ1n) is 7.91. The smallest absolute Gasteiger partial charge is 0.226 e. The second-order valence-corrected chi connectivity index (χ2v) is 6.65. The van der Waals surface area contributed by atoms with Crippen molar-refractivity contribution >= 4 is 27.9 Å². The Hall–Kier alpha value is -2.22. The normalized spacial score (nSPS) is 17.9. The van der Waals surface area contributed by atoms with Gasteiger partial charge in [0.2, 0.25) is 5.91 Å². The molecule has 2 aromatic heterocycles. The number of nitrogens with zero attached hydrogens (tertiary/aromatic N) is 2. The third-order valence-electron chi connectivity index (χ3n) is 3.99. The minimum Gasteiger partial charge on any atom is -0.378 e. The molecule has 1 aliphatic heterocycles. The first-order chi connectivity index (χ1) is 11.8. The molecule has 1 amide bonds. The van der Waals surface area contributed by atoms with Gasteiger partial charge in [0.25, 0.3) is 0 Å². The number of hydrogen-bond donors (Lipinski definition) is 2. The van der Waals surface area contributed by atoms with Crippen molar-refractivity contribution in [3.63, 3.8) is 0 Å². The molecule has 24 heavy (non-hydrogen) atoms. The van der Waals surface area contributed by atoms with Gasteiger partial charge in [0.15, 0.2) is 4.96 Å². The van der Waals surface area contributed by atoms with Gasteiger partial charge in [-0.15, -0.1) is 11.3 Å². The first kappa shape index (κ1) is 15.3. The second kappa shape index (κ2) is 6.72. The van der Waals surface area contributed by atoms with Gasteiger partial charge in [0.1, 0.15) is 0 Å². The molecule has 3 aromatic rings. The summed E-state index contributed by atoms with van der Waals surface area (Å²) in [6.45, 7) is 2.10. The molecule has 3 heterocycles. The number of carbonyl (C=O) groups excluding carboxylic acids is 1. The van der Waals surface area contributed by atoms with Crippen LogP contribution in [0.3, 0.4) is 0 Å². The number of carbonyl (C=O) groups is 1. The molecule has 0 radical (unpaired) electrons. The van der Waals surface area contributed by atoms with E-state index in [1.807, 2.05) is 46.4 Å². The number of benzene rings is 1. The molecule has 6 nitrogen and oxygen atoms in total. The molecule has 1 unspecified atom stereocenters. The Labute approximate surface area is 143 Å². The quantitative estimate of drug-likeness (QED) is 0.764. The molecule has 0 saturated carbocycles. The van der Waals surface area contributed by atoms with Crippen LogP contribution in [0.25, 0.3) is 16.2 Å². The highest BCUT2D eigenvalue weighted by atomic mass is 32.1. The minimum atomic E-state index is -0.00625. The van der Waals surface area contributed by atoms with Gasteiger partial charge < -0.3 is 15.4 Å². The van der Waals surface area contributed by atoms with E-state index in [0.717, 1.165) is 28.5 Å². The number of fused-ring (bicyclic) bond motifs is 1. The average Bonchev–Trinajstić information content (AvgIpc) is 3.18. The maximum Gasteiger partial charge on any atom is 0.226 e. The third kappa shape index (κ3) is 3.33. The predicted octanol–water partition coefficient (Wildman–Crippen LogP) is 2.38.